The second-order valence-corrected chi connectivity index (χ2v) is 4.74. The van der Waals surface area contributed by atoms with Gasteiger partial charge in [0.25, 0.3) is 5.91 Å². The highest BCUT2D eigenvalue weighted by atomic mass is 35.5. The molecule has 0 saturated carbocycles. The summed E-state index contributed by atoms with van der Waals surface area (Å²) >= 11 is 11.8. The van der Waals surface area contributed by atoms with E-state index in [1.54, 1.807) is 18.2 Å². The lowest BCUT2D eigenvalue weighted by Crippen LogP contribution is -2.12. The van der Waals surface area contributed by atoms with Crippen LogP contribution in [0, 0.1) is 0 Å². The zero-order valence-electron chi connectivity index (χ0n) is 10.4. The van der Waals surface area contributed by atoms with Crippen molar-refractivity contribution in [3.05, 3.63) is 58.1 Å². The van der Waals surface area contributed by atoms with Gasteiger partial charge in [-0.25, -0.2) is 0 Å². The molecule has 2 aromatic rings. The van der Waals surface area contributed by atoms with Crippen molar-refractivity contribution < 1.29 is 18.3 Å². The first-order valence-corrected chi connectivity index (χ1v) is 6.53. The van der Waals surface area contributed by atoms with Crippen molar-refractivity contribution in [1.29, 1.82) is 0 Å². The number of benzene rings is 2. The molecule has 21 heavy (non-hydrogen) atoms. The summed E-state index contributed by atoms with van der Waals surface area (Å²) in [5.41, 5.74) is 0.634. The quantitative estimate of drug-likeness (QED) is 0.869. The van der Waals surface area contributed by atoms with E-state index in [2.05, 4.69) is 10.1 Å². The largest absolute Gasteiger partial charge is 0.435 e. The maximum absolute atomic E-state index is 12.0. The van der Waals surface area contributed by atoms with Gasteiger partial charge in [-0.3, -0.25) is 4.79 Å². The summed E-state index contributed by atoms with van der Waals surface area (Å²) in [7, 11) is 0. The summed E-state index contributed by atoms with van der Waals surface area (Å²) in [6.45, 7) is -2.91. The van der Waals surface area contributed by atoms with Crippen molar-refractivity contribution in [2.75, 3.05) is 5.32 Å². The molecule has 3 nitrogen and oxygen atoms in total. The van der Waals surface area contributed by atoms with Crippen LogP contribution in [0.15, 0.2) is 42.5 Å². The van der Waals surface area contributed by atoms with Crippen LogP contribution < -0.4 is 10.1 Å². The molecule has 0 bridgehead atoms. The molecule has 0 unspecified atom stereocenters. The smallest absolute Gasteiger partial charge is 0.387 e. The van der Waals surface area contributed by atoms with E-state index in [0.29, 0.717) is 10.7 Å². The van der Waals surface area contributed by atoms with Crippen molar-refractivity contribution in [2.24, 2.45) is 0 Å². The van der Waals surface area contributed by atoms with Crippen molar-refractivity contribution >= 4 is 34.8 Å². The average Bonchev–Trinajstić information content (AvgIpc) is 2.44. The molecule has 7 heteroatoms. The summed E-state index contributed by atoms with van der Waals surface area (Å²) in [5.74, 6) is -0.467. The number of anilines is 1. The average molecular weight is 332 g/mol. The number of halogens is 4. The maximum Gasteiger partial charge on any atom is 0.387 e. The number of rotatable bonds is 4. The molecule has 0 spiro atoms. The van der Waals surface area contributed by atoms with Crippen LogP contribution in [0.2, 0.25) is 10.0 Å². The third-order valence-electron chi connectivity index (χ3n) is 2.54. The molecule has 0 heterocycles. The normalized spacial score (nSPS) is 10.5. The lowest BCUT2D eigenvalue weighted by molar-refractivity contribution is -0.0498. The highest BCUT2D eigenvalue weighted by Gasteiger charge is 2.11. The molecule has 2 rings (SSSR count). The first-order valence-electron chi connectivity index (χ1n) is 5.77. The van der Waals surface area contributed by atoms with Crippen LogP contribution in [0.25, 0.3) is 0 Å². The molecule has 1 amide bonds. The van der Waals surface area contributed by atoms with Gasteiger partial charge in [0, 0.05) is 5.56 Å². The Kier molecular flexibility index (Phi) is 4.98. The van der Waals surface area contributed by atoms with Gasteiger partial charge in [-0.2, -0.15) is 8.78 Å². The van der Waals surface area contributed by atoms with Gasteiger partial charge in [-0.05, 0) is 36.4 Å². The third-order valence-corrected chi connectivity index (χ3v) is 3.36. The Morgan fingerprint density at radius 1 is 1.10 bits per heavy atom. The minimum atomic E-state index is -2.91. The van der Waals surface area contributed by atoms with E-state index < -0.39 is 12.5 Å². The fraction of sp³-hybridized carbons (Fsp3) is 0.0714. The lowest BCUT2D eigenvalue weighted by Gasteiger charge is -2.09. The van der Waals surface area contributed by atoms with Gasteiger partial charge in [-0.1, -0.05) is 29.3 Å². The molecule has 0 saturated heterocycles. The Morgan fingerprint density at radius 2 is 1.76 bits per heavy atom. The molecular weight excluding hydrogens is 323 g/mol. The zero-order valence-corrected chi connectivity index (χ0v) is 12.0. The summed E-state index contributed by atoms with van der Waals surface area (Å²) in [6, 6.07) is 10.1. The highest BCUT2D eigenvalue weighted by molar-refractivity contribution is 6.44. The molecule has 0 aliphatic carbocycles. The molecule has 0 aromatic heterocycles. The first kappa shape index (κ1) is 15.5. The molecule has 2 aromatic carbocycles. The molecule has 110 valence electrons. The topological polar surface area (TPSA) is 38.3 Å². The summed E-state index contributed by atoms with van der Waals surface area (Å²) in [5, 5.41) is 3.13. The Hall–Kier alpha value is -1.85. The minimum Gasteiger partial charge on any atom is -0.435 e. The van der Waals surface area contributed by atoms with Crippen LogP contribution in [0.3, 0.4) is 0 Å². The van der Waals surface area contributed by atoms with Gasteiger partial charge < -0.3 is 10.1 Å². The van der Waals surface area contributed by atoms with Crippen LogP contribution in [0.1, 0.15) is 10.4 Å². The van der Waals surface area contributed by atoms with E-state index in [1.165, 1.54) is 24.3 Å². The number of hydrogen-bond donors (Lipinski definition) is 1. The zero-order chi connectivity index (χ0) is 15.4. The third kappa shape index (κ3) is 4.06. The Labute approximate surface area is 129 Å². The van der Waals surface area contributed by atoms with Gasteiger partial charge in [0.1, 0.15) is 5.75 Å². The summed E-state index contributed by atoms with van der Waals surface area (Å²) in [6.07, 6.45) is 0. The number of nitrogens with one attached hydrogen (secondary N) is 1. The molecule has 1 N–H and O–H groups in total. The van der Waals surface area contributed by atoms with Crippen LogP contribution in [0.4, 0.5) is 14.5 Å². The first-order chi connectivity index (χ1) is 9.97. The van der Waals surface area contributed by atoms with Gasteiger partial charge in [0.15, 0.2) is 0 Å². The fourth-order valence-corrected chi connectivity index (χ4v) is 1.93. The van der Waals surface area contributed by atoms with Crippen molar-refractivity contribution in [1.82, 2.24) is 0 Å². The van der Waals surface area contributed by atoms with E-state index in [4.69, 9.17) is 23.2 Å². The number of carbonyl (C=O) groups is 1. The standard InChI is InChI=1S/C14H9Cl2F2NO2/c15-10-2-1-3-11(12(10)16)19-13(20)8-4-6-9(7-5-8)21-14(17)18/h1-7,14H,(H,19,20). The molecule has 0 aliphatic heterocycles. The number of amides is 1. The second kappa shape index (κ2) is 6.74. The van der Waals surface area contributed by atoms with Crippen molar-refractivity contribution in [3.63, 3.8) is 0 Å². The molecule has 0 atom stereocenters. The number of hydrogen-bond acceptors (Lipinski definition) is 2. The van der Waals surface area contributed by atoms with Gasteiger partial charge >= 0.3 is 6.61 Å². The van der Waals surface area contributed by atoms with E-state index in [-0.39, 0.29) is 16.3 Å². The van der Waals surface area contributed by atoms with Crippen molar-refractivity contribution in [2.45, 2.75) is 6.61 Å². The van der Waals surface area contributed by atoms with Crippen LogP contribution in [0.5, 0.6) is 5.75 Å². The van der Waals surface area contributed by atoms with E-state index in [1.807, 2.05) is 0 Å². The highest BCUT2D eigenvalue weighted by Crippen LogP contribution is 2.29. The summed E-state index contributed by atoms with van der Waals surface area (Å²) < 4.78 is 28.2. The predicted molar refractivity (Wildman–Crippen MR) is 77.5 cm³/mol. The Balaban J connectivity index is 2.11. The van der Waals surface area contributed by atoms with Crippen LogP contribution in [-0.2, 0) is 0 Å². The second-order valence-electron chi connectivity index (χ2n) is 3.96. The Morgan fingerprint density at radius 3 is 2.38 bits per heavy atom. The minimum absolute atomic E-state index is 0.0256. The molecule has 0 fully saturated rings. The van der Waals surface area contributed by atoms with E-state index >= 15 is 0 Å². The van der Waals surface area contributed by atoms with Crippen LogP contribution >= 0.6 is 23.2 Å². The number of ether oxygens (including phenoxy) is 1. The maximum atomic E-state index is 12.0. The molecule has 0 radical (unpaired) electrons. The van der Waals surface area contributed by atoms with Gasteiger partial charge in [0.05, 0.1) is 15.7 Å². The molecular formula is C14H9Cl2F2NO2. The Bertz CT molecular complexity index is 648. The molecule has 0 aliphatic rings. The summed E-state index contributed by atoms with van der Waals surface area (Å²) in [4.78, 5) is 12.0. The monoisotopic (exact) mass is 331 g/mol. The number of alkyl halides is 2. The van der Waals surface area contributed by atoms with E-state index in [0.717, 1.165) is 0 Å². The van der Waals surface area contributed by atoms with Gasteiger partial charge in [-0.15, -0.1) is 0 Å². The predicted octanol–water partition coefficient (Wildman–Crippen LogP) is 4.85. The fourth-order valence-electron chi connectivity index (χ4n) is 1.58. The van der Waals surface area contributed by atoms with E-state index in [9.17, 15) is 13.6 Å². The SMILES string of the molecule is O=C(Nc1cccc(Cl)c1Cl)c1ccc(OC(F)F)cc1. The van der Waals surface area contributed by atoms with Crippen LogP contribution in [-0.4, -0.2) is 12.5 Å². The van der Waals surface area contributed by atoms with Crippen molar-refractivity contribution in [3.8, 4) is 5.75 Å². The lowest BCUT2D eigenvalue weighted by atomic mass is 10.2. The van der Waals surface area contributed by atoms with Gasteiger partial charge in [0.2, 0.25) is 0 Å². The number of carbonyl (C=O) groups excluding carboxylic acids is 1.